The number of hydrogen-bond acceptors (Lipinski definition) is 3. The van der Waals surface area contributed by atoms with Crippen molar-refractivity contribution in [1.82, 2.24) is 19.7 Å². The van der Waals surface area contributed by atoms with Gasteiger partial charge >= 0.3 is 0 Å². The van der Waals surface area contributed by atoms with Gasteiger partial charge in [-0.15, -0.1) is 10.2 Å². The molecule has 1 fully saturated rings. The van der Waals surface area contributed by atoms with Crippen LogP contribution in [-0.2, 0) is 0 Å². The highest BCUT2D eigenvalue weighted by atomic mass is 16.2. The topological polar surface area (TPSA) is 51.0 Å². The fourth-order valence-corrected chi connectivity index (χ4v) is 2.42. The number of aryl methyl sites for hydroxylation is 2. The molecule has 2 aromatic rings. The lowest BCUT2D eigenvalue weighted by Crippen LogP contribution is -2.50. The van der Waals surface area contributed by atoms with E-state index in [1.807, 2.05) is 47.6 Å². The summed E-state index contributed by atoms with van der Waals surface area (Å²) in [7, 11) is 0. The van der Waals surface area contributed by atoms with Crippen molar-refractivity contribution in [2.45, 2.75) is 19.9 Å². The fourth-order valence-electron chi connectivity index (χ4n) is 2.42. The molecule has 0 aliphatic carbocycles. The lowest BCUT2D eigenvalue weighted by atomic mass is 10.1. The largest absolute Gasteiger partial charge is 0.334 e. The Labute approximate surface area is 111 Å². The minimum atomic E-state index is 0.102. The molecule has 5 heteroatoms. The van der Waals surface area contributed by atoms with Crippen LogP contribution in [0.3, 0.4) is 0 Å². The van der Waals surface area contributed by atoms with Gasteiger partial charge in [-0.3, -0.25) is 4.79 Å². The van der Waals surface area contributed by atoms with E-state index in [9.17, 15) is 4.79 Å². The maximum atomic E-state index is 12.3. The zero-order valence-corrected chi connectivity index (χ0v) is 11.1. The quantitative estimate of drug-likeness (QED) is 0.820. The summed E-state index contributed by atoms with van der Waals surface area (Å²) < 4.78 is 2.03. The summed E-state index contributed by atoms with van der Waals surface area (Å²) in [6.07, 6.45) is 1.73. The molecule has 5 nitrogen and oxygen atoms in total. The van der Waals surface area contributed by atoms with Crippen LogP contribution in [0.25, 0.3) is 0 Å². The number of likely N-dealkylation sites (tertiary alicyclic amines) is 1. The van der Waals surface area contributed by atoms with Gasteiger partial charge in [0.05, 0.1) is 6.04 Å². The molecule has 1 saturated heterocycles. The van der Waals surface area contributed by atoms with E-state index in [4.69, 9.17) is 0 Å². The lowest BCUT2D eigenvalue weighted by molar-refractivity contribution is 0.0517. The second-order valence-corrected chi connectivity index (χ2v) is 5.02. The third-order valence-electron chi connectivity index (χ3n) is 3.56. The average Bonchev–Trinajstić information content (AvgIpc) is 2.74. The van der Waals surface area contributed by atoms with E-state index in [2.05, 4.69) is 10.2 Å². The SMILES string of the molecule is Cc1cccc(C(=O)N2CC(n3cnnc3C)C2)c1. The van der Waals surface area contributed by atoms with Crippen LogP contribution in [0.4, 0.5) is 0 Å². The minimum Gasteiger partial charge on any atom is -0.334 e. The van der Waals surface area contributed by atoms with Crippen LogP contribution in [0.15, 0.2) is 30.6 Å². The molecule has 3 rings (SSSR count). The van der Waals surface area contributed by atoms with Gasteiger partial charge in [-0.25, -0.2) is 0 Å². The molecule has 0 unspecified atom stereocenters. The average molecular weight is 256 g/mol. The molecular weight excluding hydrogens is 240 g/mol. The van der Waals surface area contributed by atoms with Crippen LogP contribution in [-0.4, -0.2) is 38.7 Å². The molecule has 1 aromatic heterocycles. The molecule has 1 aromatic carbocycles. The Morgan fingerprint density at radius 1 is 1.32 bits per heavy atom. The van der Waals surface area contributed by atoms with Gasteiger partial charge in [-0.05, 0) is 26.0 Å². The number of rotatable bonds is 2. The van der Waals surface area contributed by atoms with E-state index < -0.39 is 0 Å². The number of benzene rings is 1. The molecule has 0 N–H and O–H groups in total. The molecular formula is C14H16N4O. The van der Waals surface area contributed by atoms with E-state index in [0.29, 0.717) is 6.04 Å². The fraction of sp³-hybridized carbons (Fsp3) is 0.357. The van der Waals surface area contributed by atoms with E-state index in [0.717, 1.165) is 30.0 Å². The van der Waals surface area contributed by atoms with Crippen molar-refractivity contribution < 1.29 is 4.79 Å². The highest BCUT2D eigenvalue weighted by molar-refractivity contribution is 5.94. The monoisotopic (exact) mass is 256 g/mol. The number of amides is 1. The molecule has 2 heterocycles. The molecule has 0 saturated carbocycles. The zero-order chi connectivity index (χ0) is 13.4. The van der Waals surface area contributed by atoms with Gasteiger partial charge in [0.15, 0.2) is 0 Å². The maximum absolute atomic E-state index is 12.3. The number of hydrogen-bond donors (Lipinski definition) is 0. The standard InChI is InChI=1S/C14H16N4O/c1-10-4-3-5-12(6-10)14(19)17-7-13(8-17)18-9-15-16-11(18)2/h3-6,9,13H,7-8H2,1-2H3. The van der Waals surface area contributed by atoms with Gasteiger partial charge in [-0.2, -0.15) is 0 Å². The van der Waals surface area contributed by atoms with Gasteiger partial charge in [-0.1, -0.05) is 17.7 Å². The van der Waals surface area contributed by atoms with E-state index in [1.54, 1.807) is 6.33 Å². The normalized spacial score (nSPS) is 15.4. The third-order valence-corrected chi connectivity index (χ3v) is 3.56. The molecule has 1 aliphatic heterocycles. The Morgan fingerprint density at radius 2 is 2.11 bits per heavy atom. The van der Waals surface area contributed by atoms with Gasteiger partial charge in [0.2, 0.25) is 0 Å². The molecule has 0 radical (unpaired) electrons. The molecule has 98 valence electrons. The van der Waals surface area contributed by atoms with Gasteiger partial charge < -0.3 is 9.47 Å². The van der Waals surface area contributed by atoms with Crippen LogP contribution >= 0.6 is 0 Å². The summed E-state index contributed by atoms with van der Waals surface area (Å²) in [6.45, 7) is 5.38. The van der Waals surface area contributed by atoms with Crippen molar-refractivity contribution >= 4 is 5.91 Å². The van der Waals surface area contributed by atoms with Crippen molar-refractivity contribution in [2.75, 3.05) is 13.1 Å². The van der Waals surface area contributed by atoms with Crippen LogP contribution in [0.1, 0.15) is 27.8 Å². The van der Waals surface area contributed by atoms with Crippen LogP contribution in [0.5, 0.6) is 0 Å². The summed E-state index contributed by atoms with van der Waals surface area (Å²) in [5.41, 5.74) is 1.87. The Hall–Kier alpha value is -2.17. The van der Waals surface area contributed by atoms with Gasteiger partial charge in [0.1, 0.15) is 12.2 Å². The predicted molar refractivity (Wildman–Crippen MR) is 70.9 cm³/mol. The summed E-state index contributed by atoms with van der Waals surface area (Å²) in [5, 5.41) is 7.84. The summed E-state index contributed by atoms with van der Waals surface area (Å²) in [6, 6.07) is 8.02. The molecule has 19 heavy (non-hydrogen) atoms. The number of nitrogens with zero attached hydrogens (tertiary/aromatic N) is 4. The highest BCUT2D eigenvalue weighted by Gasteiger charge is 2.33. The Morgan fingerprint density at radius 3 is 2.74 bits per heavy atom. The molecule has 0 spiro atoms. The van der Waals surface area contributed by atoms with Crippen molar-refractivity contribution in [3.63, 3.8) is 0 Å². The molecule has 0 atom stereocenters. The predicted octanol–water partition coefficient (Wildman–Crippen LogP) is 1.59. The first-order chi connectivity index (χ1) is 9.15. The maximum Gasteiger partial charge on any atom is 0.254 e. The van der Waals surface area contributed by atoms with E-state index in [-0.39, 0.29) is 5.91 Å². The van der Waals surface area contributed by atoms with E-state index in [1.165, 1.54) is 0 Å². The second-order valence-electron chi connectivity index (χ2n) is 5.02. The number of carbonyl (C=O) groups is 1. The number of carbonyl (C=O) groups excluding carboxylic acids is 1. The smallest absolute Gasteiger partial charge is 0.254 e. The summed E-state index contributed by atoms with van der Waals surface area (Å²) in [4.78, 5) is 14.1. The Bertz CT molecular complexity index is 613. The van der Waals surface area contributed by atoms with Crippen LogP contribution < -0.4 is 0 Å². The Kier molecular flexibility index (Phi) is 2.81. The summed E-state index contributed by atoms with van der Waals surface area (Å²) >= 11 is 0. The first-order valence-corrected chi connectivity index (χ1v) is 6.37. The Balaban J connectivity index is 1.68. The van der Waals surface area contributed by atoms with Crippen molar-refractivity contribution in [1.29, 1.82) is 0 Å². The van der Waals surface area contributed by atoms with Crippen LogP contribution in [0.2, 0.25) is 0 Å². The van der Waals surface area contributed by atoms with Crippen LogP contribution in [0, 0.1) is 13.8 Å². The van der Waals surface area contributed by atoms with Crippen molar-refractivity contribution in [3.8, 4) is 0 Å². The minimum absolute atomic E-state index is 0.102. The molecule has 1 amide bonds. The lowest BCUT2D eigenvalue weighted by Gasteiger charge is -2.40. The van der Waals surface area contributed by atoms with Crippen molar-refractivity contribution in [2.24, 2.45) is 0 Å². The number of aromatic nitrogens is 3. The molecule has 0 bridgehead atoms. The zero-order valence-electron chi connectivity index (χ0n) is 11.1. The van der Waals surface area contributed by atoms with Gasteiger partial charge in [0, 0.05) is 18.7 Å². The summed E-state index contributed by atoms with van der Waals surface area (Å²) in [5.74, 6) is 0.998. The van der Waals surface area contributed by atoms with Crippen molar-refractivity contribution in [3.05, 3.63) is 47.5 Å². The highest BCUT2D eigenvalue weighted by Crippen LogP contribution is 2.23. The molecule has 1 aliphatic rings. The third kappa shape index (κ3) is 2.12. The van der Waals surface area contributed by atoms with E-state index >= 15 is 0 Å². The first-order valence-electron chi connectivity index (χ1n) is 6.37. The first kappa shape index (κ1) is 11.9. The van der Waals surface area contributed by atoms with Gasteiger partial charge in [0.25, 0.3) is 5.91 Å². The second kappa shape index (κ2) is 4.50.